The minimum Gasteiger partial charge on any atom is -0.477 e. The first-order valence-corrected chi connectivity index (χ1v) is 9.97. The number of nitrogens with zero attached hydrogens (tertiary/aromatic N) is 2. The van der Waals surface area contributed by atoms with Crippen molar-refractivity contribution in [2.24, 2.45) is 7.05 Å². The minimum atomic E-state index is -1.08. The molecule has 2 aromatic carbocycles. The number of fused-ring (bicyclic) bond motifs is 1. The maximum atomic E-state index is 13.2. The SMILES string of the molecule is Cc1ccccc1-n1c(C(=O)O)cc2c(C(C)c3ccc(Cl)cc3)cn(C)c(=O)c21. The summed E-state index contributed by atoms with van der Waals surface area (Å²) < 4.78 is 3.08. The third kappa shape index (κ3) is 3.21. The second kappa shape index (κ2) is 7.50. The second-order valence-corrected chi connectivity index (χ2v) is 7.93. The number of aryl methyl sites for hydroxylation is 2. The molecule has 0 amide bonds. The lowest BCUT2D eigenvalue weighted by Gasteiger charge is -2.16. The fourth-order valence-corrected chi connectivity index (χ4v) is 4.07. The average molecular weight is 421 g/mol. The van der Waals surface area contributed by atoms with Crippen LogP contribution in [0.3, 0.4) is 0 Å². The van der Waals surface area contributed by atoms with Crippen molar-refractivity contribution in [2.45, 2.75) is 19.8 Å². The highest BCUT2D eigenvalue weighted by atomic mass is 35.5. The summed E-state index contributed by atoms with van der Waals surface area (Å²) in [5.41, 5.74) is 3.65. The van der Waals surface area contributed by atoms with Crippen molar-refractivity contribution < 1.29 is 9.90 Å². The Bertz CT molecular complexity index is 1330. The maximum absolute atomic E-state index is 13.2. The van der Waals surface area contributed by atoms with E-state index < -0.39 is 5.97 Å². The molecule has 0 aliphatic rings. The predicted octanol–water partition coefficient (Wildman–Crippen LogP) is 5.14. The summed E-state index contributed by atoms with van der Waals surface area (Å²) in [7, 11) is 1.69. The molecular weight excluding hydrogens is 400 g/mol. The van der Waals surface area contributed by atoms with E-state index in [0.29, 0.717) is 21.6 Å². The molecule has 152 valence electrons. The number of hydrogen-bond donors (Lipinski definition) is 1. The van der Waals surface area contributed by atoms with Gasteiger partial charge in [0.25, 0.3) is 5.56 Å². The van der Waals surface area contributed by atoms with Gasteiger partial charge in [0.15, 0.2) is 0 Å². The quantitative estimate of drug-likeness (QED) is 0.497. The normalized spacial score (nSPS) is 12.3. The van der Waals surface area contributed by atoms with E-state index in [0.717, 1.165) is 16.7 Å². The molecule has 4 rings (SSSR count). The lowest BCUT2D eigenvalue weighted by molar-refractivity contribution is 0.0688. The van der Waals surface area contributed by atoms with Crippen LogP contribution in [0.2, 0.25) is 5.02 Å². The van der Waals surface area contributed by atoms with E-state index >= 15 is 0 Å². The zero-order valence-corrected chi connectivity index (χ0v) is 17.6. The van der Waals surface area contributed by atoms with Crippen molar-refractivity contribution >= 4 is 28.5 Å². The van der Waals surface area contributed by atoms with Gasteiger partial charge in [0.05, 0.1) is 0 Å². The van der Waals surface area contributed by atoms with E-state index in [1.54, 1.807) is 23.9 Å². The van der Waals surface area contributed by atoms with Crippen LogP contribution in [0.1, 0.15) is 40.0 Å². The Hall–Kier alpha value is -3.31. The highest BCUT2D eigenvalue weighted by Gasteiger charge is 2.24. The number of aromatic carboxylic acids is 1. The van der Waals surface area contributed by atoms with Gasteiger partial charge in [0.2, 0.25) is 0 Å². The van der Waals surface area contributed by atoms with E-state index in [4.69, 9.17) is 11.6 Å². The average Bonchev–Trinajstić information content (AvgIpc) is 3.12. The zero-order chi connectivity index (χ0) is 21.6. The van der Waals surface area contributed by atoms with Gasteiger partial charge < -0.3 is 9.67 Å². The Balaban J connectivity index is 2.08. The first-order chi connectivity index (χ1) is 14.3. The molecule has 0 fully saturated rings. The van der Waals surface area contributed by atoms with Crippen LogP contribution >= 0.6 is 11.6 Å². The van der Waals surface area contributed by atoms with Gasteiger partial charge in [-0.3, -0.25) is 9.36 Å². The molecule has 30 heavy (non-hydrogen) atoms. The molecule has 0 radical (unpaired) electrons. The highest BCUT2D eigenvalue weighted by Crippen LogP contribution is 2.33. The molecule has 2 heterocycles. The number of rotatable bonds is 4. The van der Waals surface area contributed by atoms with Crippen molar-refractivity contribution in [3.05, 3.63) is 98.6 Å². The monoisotopic (exact) mass is 420 g/mol. The van der Waals surface area contributed by atoms with Gasteiger partial charge in [0.1, 0.15) is 11.2 Å². The number of carboxylic acid groups (broad SMARTS) is 1. The van der Waals surface area contributed by atoms with Crippen molar-refractivity contribution in [3.8, 4) is 5.69 Å². The topological polar surface area (TPSA) is 64.2 Å². The molecule has 1 atom stereocenters. The van der Waals surface area contributed by atoms with Gasteiger partial charge >= 0.3 is 5.97 Å². The van der Waals surface area contributed by atoms with Gasteiger partial charge in [-0.2, -0.15) is 0 Å². The number of para-hydroxylation sites is 1. The third-order valence-electron chi connectivity index (χ3n) is 5.58. The lowest BCUT2D eigenvalue weighted by atomic mass is 9.92. The first kappa shape index (κ1) is 20.0. The van der Waals surface area contributed by atoms with Crippen LogP contribution in [0.15, 0.2) is 65.6 Å². The fourth-order valence-electron chi connectivity index (χ4n) is 3.94. The first-order valence-electron chi connectivity index (χ1n) is 9.59. The molecule has 2 aromatic heterocycles. The Kier molecular flexibility index (Phi) is 5.00. The molecule has 0 saturated heterocycles. The minimum absolute atomic E-state index is 0.0622. The number of benzene rings is 2. The molecule has 0 bridgehead atoms. The van der Waals surface area contributed by atoms with E-state index in [1.165, 1.54) is 4.57 Å². The van der Waals surface area contributed by atoms with Crippen molar-refractivity contribution in [1.82, 2.24) is 9.13 Å². The van der Waals surface area contributed by atoms with Gasteiger partial charge in [-0.25, -0.2) is 4.79 Å². The second-order valence-electron chi connectivity index (χ2n) is 7.49. The van der Waals surface area contributed by atoms with E-state index in [-0.39, 0.29) is 17.2 Å². The zero-order valence-electron chi connectivity index (χ0n) is 16.9. The van der Waals surface area contributed by atoms with Crippen molar-refractivity contribution in [1.29, 1.82) is 0 Å². The van der Waals surface area contributed by atoms with Crippen molar-refractivity contribution in [3.63, 3.8) is 0 Å². The number of carbonyl (C=O) groups is 1. The fraction of sp³-hybridized carbons (Fsp3) is 0.167. The summed E-state index contributed by atoms with van der Waals surface area (Å²) in [5, 5.41) is 11.2. The van der Waals surface area contributed by atoms with E-state index in [9.17, 15) is 14.7 Å². The summed E-state index contributed by atoms with van der Waals surface area (Å²) in [6.07, 6.45) is 1.79. The Morgan fingerprint density at radius 3 is 2.40 bits per heavy atom. The third-order valence-corrected chi connectivity index (χ3v) is 5.83. The molecule has 0 spiro atoms. The summed E-state index contributed by atoms with van der Waals surface area (Å²) in [5.74, 6) is -1.15. The number of aromatic nitrogens is 2. The molecule has 0 aliphatic carbocycles. The largest absolute Gasteiger partial charge is 0.477 e. The van der Waals surface area contributed by atoms with Crippen LogP contribution in [0.25, 0.3) is 16.6 Å². The number of carboxylic acids is 1. The Morgan fingerprint density at radius 1 is 1.10 bits per heavy atom. The van der Waals surface area contributed by atoms with Gasteiger partial charge in [-0.05, 0) is 47.9 Å². The van der Waals surface area contributed by atoms with Crippen LogP contribution in [-0.2, 0) is 7.05 Å². The van der Waals surface area contributed by atoms with Gasteiger partial charge in [-0.1, -0.05) is 48.9 Å². The van der Waals surface area contributed by atoms with Gasteiger partial charge in [-0.15, -0.1) is 0 Å². The number of pyridine rings is 1. The smallest absolute Gasteiger partial charge is 0.352 e. The van der Waals surface area contributed by atoms with Crippen LogP contribution in [-0.4, -0.2) is 20.2 Å². The molecule has 4 aromatic rings. The Labute approximate surface area is 178 Å². The summed E-state index contributed by atoms with van der Waals surface area (Å²) in [6.45, 7) is 3.94. The van der Waals surface area contributed by atoms with Crippen LogP contribution in [0, 0.1) is 6.92 Å². The van der Waals surface area contributed by atoms with Crippen LogP contribution in [0.4, 0.5) is 0 Å². The number of hydrogen-bond acceptors (Lipinski definition) is 2. The van der Waals surface area contributed by atoms with E-state index in [1.807, 2.05) is 62.4 Å². The molecule has 6 heteroatoms. The standard InChI is InChI=1S/C24H21ClN2O3/c1-14-6-4-5-7-20(14)27-21(24(29)30)12-18-19(13-26(3)23(28)22(18)27)15(2)16-8-10-17(25)11-9-16/h4-13,15H,1-3H3,(H,29,30). The molecule has 1 unspecified atom stereocenters. The summed E-state index contributed by atoms with van der Waals surface area (Å²) in [6, 6.07) is 16.6. The molecule has 5 nitrogen and oxygen atoms in total. The summed E-state index contributed by atoms with van der Waals surface area (Å²) >= 11 is 6.03. The molecule has 0 aliphatic heterocycles. The predicted molar refractivity (Wildman–Crippen MR) is 119 cm³/mol. The van der Waals surface area contributed by atoms with Crippen molar-refractivity contribution in [2.75, 3.05) is 0 Å². The van der Waals surface area contributed by atoms with Gasteiger partial charge in [0, 0.05) is 35.3 Å². The lowest BCUT2D eigenvalue weighted by Crippen LogP contribution is -2.21. The van der Waals surface area contributed by atoms with E-state index in [2.05, 4.69) is 0 Å². The molecular formula is C24H21ClN2O3. The summed E-state index contributed by atoms with van der Waals surface area (Å²) in [4.78, 5) is 25.3. The highest BCUT2D eigenvalue weighted by molar-refractivity contribution is 6.30. The molecule has 0 saturated carbocycles. The maximum Gasteiger partial charge on any atom is 0.352 e. The molecule has 1 N–H and O–H groups in total. The number of halogens is 1. The van der Waals surface area contributed by atoms with Crippen LogP contribution < -0.4 is 5.56 Å². The van der Waals surface area contributed by atoms with Crippen LogP contribution in [0.5, 0.6) is 0 Å². The Morgan fingerprint density at radius 2 is 1.77 bits per heavy atom.